The van der Waals surface area contributed by atoms with E-state index in [0.717, 1.165) is 27.8 Å². The summed E-state index contributed by atoms with van der Waals surface area (Å²) in [6.07, 6.45) is 3.70. The van der Waals surface area contributed by atoms with Gasteiger partial charge in [-0.15, -0.1) is 0 Å². The molecule has 0 aliphatic rings. The maximum atomic E-state index is 12.9. The van der Waals surface area contributed by atoms with Crippen LogP contribution in [0.5, 0.6) is 0 Å². The molecule has 0 saturated carbocycles. The van der Waals surface area contributed by atoms with Crippen molar-refractivity contribution < 1.29 is 9.53 Å². The highest BCUT2D eigenvalue weighted by Crippen LogP contribution is 2.25. The van der Waals surface area contributed by atoms with Crippen LogP contribution in [-0.2, 0) is 4.74 Å². The predicted molar refractivity (Wildman–Crippen MR) is 114 cm³/mol. The van der Waals surface area contributed by atoms with E-state index in [9.17, 15) is 4.79 Å². The van der Waals surface area contributed by atoms with Gasteiger partial charge in [0.05, 0.1) is 18.4 Å². The van der Waals surface area contributed by atoms with E-state index in [1.165, 1.54) is 17.3 Å². The monoisotopic (exact) mass is 397 g/mol. The van der Waals surface area contributed by atoms with Crippen LogP contribution in [0, 0.1) is 20.8 Å². The number of benzene rings is 1. The van der Waals surface area contributed by atoms with Crippen molar-refractivity contribution in [3.8, 4) is 5.69 Å². The van der Waals surface area contributed by atoms with Gasteiger partial charge < -0.3 is 9.30 Å². The van der Waals surface area contributed by atoms with Gasteiger partial charge in [-0.3, -0.25) is 9.36 Å². The molecular weight excluding hydrogens is 370 g/mol. The van der Waals surface area contributed by atoms with Crippen LogP contribution < -0.4 is 0 Å². The summed E-state index contributed by atoms with van der Waals surface area (Å²) in [4.78, 5) is 17.3. The molecule has 0 N–H and O–H groups in total. The summed E-state index contributed by atoms with van der Waals surface area (Å²) >= 11 is 1.47. The van der Waals surface area contributed by atoms with Crippen molar-refractivity contribution in [3.05, 3.63) is 65.2 Å². The van der Waals surface area contributed by atoms with Crippen molar-refractivity contribution >= 4 is 17.5 Å². The van der Waals surface area contributed by atoms with Crippen molar-refractivity contribution in [2.45, 2.75) is 38.9 Å². The molecule has 3 aromatic rings. The average molecular weight is 398 g/mol. The van der Waals surface area contributed by atoms with Gasteiger partial charge in [-0.25, -0.2) is 4.98 Å². The molecule has 5 nitrogen and oxygen atoms in total. The standard InChI is InChI=1S/C22H27N3O2S/c1-15-7-6-8-19(11-15)24-10-9-23-22(24)28-14-21(26)20-12-16(2)25(18(20)4)17(3)13-27-5/h6-12,17H,13-14H2,1-5H3/t17-/m0/s1. The predicted octanol–water partition coefficient (Wildman–Crippen LogP) is 4.78. The van der Waals surface area contributed by atoms with Crippen LogP contribution in [0.25, 0.3) is 5.69 Å². The number of ether oxygens (including phenoxy) is 1. The molecular formula is C22H27N3O2S. The minimum absolute atomic E-state index is 0.118. The van der Waals surface area contributed by atoms with Crippen LogP contribution in [0.1, 0.15) is 40.3 Å². The van der Waals surface area contributed by atoms with Gasteiger partial charge >= 0.3 is 0 Å². The fraction of sp³-hybridized carbons (Fsp3) is 0.364. The number of hydrogen-bond acceptors (Lipinski definition) is 4. The Labute approximate surface area is 170 Å². The van der Waals surface area contributed by atoms with Gasteiger partial charge in [0.2, 0.25) is 0 Å². The molecule has 0 amide bonds. The van der Waals surface area contributed by atoms with E-state index in [1.54, 1.807) is 13.3 Å². The molecule has 0 unspecified atom stereocenters. The van der Waals surface area contributed by atoms with Crippen molar-refractivity contribution in [2.75, 3.05) is 19.5 Å². The first kappa shape index (κ1) is 20.4. The van der Waals surface area contributed by atoms with E-state index in [-0.39, 0.29) is 11.8 Å². The first-order valence-electron chi connectivity index (χ1n) is 9.36. The Hall–Kier alpha value is -2.31. The Kier molecular flexibility index (Phi) is 6.42. The average Bonchev–Trinajstić information content (AvgIpc) is 3.24. The van der Waals surface area contributed by atoms with Crippen LogP contribution in [0.3, 0.4) is 0 Å². The number of hydrogen-bond donors (Lipinski definition) is 0. The summed E-state index contributed by atoms with van der Waals surface area (Å²) in [5.41, 5.74) is 5.10. The Morgan fingerprint density at radius 3 is 2.75 bits per heavy atom. The van der Waals surface area contributed by atoms with Gasteiger partial charge in [0.1, 0.15) is 0 Å². The number of aryl methyl sites for hydroxylation is 2. The molecule has 1 atom stereocenters. The fourth-order valence-corrected chi connectivity index (χ4v) is 4.49. The van der Waals surface area contributed by atoms with E-state index in [2.05, 4.69) is 35.5 Å². The molecule has 0 saturated heterocycles. The number of carbonyl (C=O) groups excluding carboxylic acids is 1. The first-order valence-corrected chi connectivity index (χ1v) is 10.3. The number of nitrogens with zero attached hydrogens (tertiary/aromatic N) is 3. The van der Waals surface area contributed by atoms with Crippen molar-refractivity contribution in [2.24, 2.45) is 0 Å². The van der Waals surface area contributed by atoms with E-state index in [0.29, 0.717) is 12.4 Å². The number of Topliss-reactive ketones (excluding diaryl/α,β-unsaturated/α-hetero) is 1. The number of thioether (sulfide) groups is 1. The number of carbonyl (C=O) groups is 1. The zero-order chi connectivity index (χ0) is 20.3. The molecule has 148 valence electrons. The third kappa shape index (κ3) is 4.23. The topological polar surface area (TPSA) is 49.1 Å². The second kappa shape index (κ2) is 8.80. The Bertz CT molecular complexity index is 974. The number of ketones is 1. The smallest absolute Gasteiger partial charge is 0.175 e. The van der Waals surface area contributed by atoms with Crippen LogP contribution in [0.15, 0.2) is 47.9 Å². The molecule has 0 spiro atoms. The largest absolute Gasteiger partial charge is 0.383 e. The SMILES string of the molecule is COC[C@H](C)n1c(C)cc(C(=O)CSc2nccn2-c2cccc(C)c2)c1C. The molecule has 6 heteroatoms. The van der Waals surface area contributed by atoms with Gasteiger partial charge in [-0.05, 0) is 51.5 Å². The number of imidazole rings is 1. The quantitative estimate of drug-likeness (QED) is 0.405. The fourth-order valence-electron chi connectivity index (χ4n) is 3.63. The third-order valence-corrected chi connectivity index (χ3v) is 5.82. The summed E-state index contributed by atoms with van der Waals surface area (Å²) in [5, 5.41) is 0.820. The number of aromatic nitrogens is 3. The van der Waals surface area contributed by atoms with Gasteiger partial charge in [0.25, 0.3) is 0 Å². The van der Waals surface area contributed by atoms with Crippen LogP contribution in [0.2, 0.25) is 0 Å². The normalized spacial score (nSPS) is 12.3. The van der Waals surface area contributed by atoms with Crippen molar-refractivity contribution in [3.63, 3.8) is 0 Å². The molecule has 0 radical (unpaired) electrons. The van der Waals surface area contributed by atoms with Crippen molar-refractivity contribution in [1.29, 1.82) is 0 Å². The molecule has 0 fully saturated rings. The van der Waals surface area contributed by atoms with E-state index < -0.39 is 0 Å². The molecule has 1 aromatic carbocycles. The minimum atomic E-state index is 0.118. The van der Waals surface area contributed by atoms with Crippen LogP contribution in [0.4, 0.5) is 0 Å². The molecule has 2 heterocycles. The lowest BCUT2D eigenvalue weighted by molar-refractivity contribution is 0.102. The third-order valence-electron chi connectivity index (χ3n) is 4.85. The molecule has 0 aliphatic carbocycles. The maximum Gasteiger partial charge on any atom is 0.175 e. The second-order valence-corrected chi connectivity index (χ2v) is 8.03. The summed E-state index contributed by atoms with van der Waals surface area (Å²) in [6.45, 7) is 8.83. The zero-order valence-electron chi connectivity index (χ0n) is 17.1. The molecule has 28 heavy (non-hydrogen) atoms. The summed E-state index contributed by atoms with van der Waals surface area (Å²) in [7, 11) is 1.70. The molecule has 0 bridgehead atoms. The van der Waals surface area contributed by atoms with E-state index >= 15 is 0 Å². The Balaban J connectivity index is 1.76. The van der Waals surface area contributed by atoms with E-state index in [1.807, 2.05) is 42.8 Å². The summed E-state index contributed by atoms with van der Waals surface area (Å²) < 4.78 is 9.48. The van der Waals surface area contributed by atoms with Crippen LogP contribution >= 0.6 is 11.8 Å². The van der Waals surface area contributed by atoms with Gasteiger partial charge in [-0.1, -0.05) is 23.9 Å². The molecule has 2 aromatic heterocycles. The van der Waals surface area contributed by atoms with Crippen LogP contribution in [-0.4, -0.2) is 39.4 Å². The lowest BCUT2D eigenvalue weighted by Crippen LogP contribution is -2.14. The zero-order valence-corrected chi connectivity index (χ0v) is 17.9. The molecule has 0 aliphatic heterocycles. The lowest BCUT2D eigenvalue weighted by atomic mass is 10.2. The highest BCUT2D eigenvalue weighted by atomic mass is 32.2. The highest BCUT2D eigenvalue weighted by Gasteiger charge is 2.19. The lowest BCUT2D eigenvalue weighted by Gasteiger charge is -2.17. The summed E-state index contributed by atoms with van der Waals surface area (Å²) in [6, 6.07) is 10.4. The van der Waals surface area contributed by atoms with Gasteiger partial charge in [0, 0.05) is 42.1 Å². The second-order valence-electron chi connectivity index (χ2n) is 7.09. The number of rotatable bonds is 8. The number of methoxy groups -OCH3 is 1. The van der Waals surface area contributed by atoms with Crippen molar-refractivity contribution in [1.82, 2.24) is 14.1 Å². The molecule has 3 rings (SSSR count). The van der Waals surface area contributed by atoms with Gasteiger partial charge in [0.15, 0.2) is 10.9 Å². The van der Waals surface area contributed by atoms with E-state index in [4.69, 9.17) is 4.74 Å². The summed E-state index contributed by atoms with van der Waals surface area (Å²) in [5.74, 6) is 0.471. The van der Waals surface area contributed by atoms with Gasteiger partial charge in [-0.2, -0.15) is 0 Å². The maximum absolute atomic E-state index is 12.9. The highest BCUT2D eigenvalue weighted by molar-refractivity contribution is 7.99. The Morgan fingerprint density at radius 1 is 1.25 bits per heavy atom. The first-order chi connectivity index (χ1) is 13.4. The minimum Gasteiger partial charge on any atom is -0.383 e. The Morgan fingerprint density at radius 2 is 2.04 bits per heavy atom.